The van der Waals surface area contributed by atoms with Crippen LogP contribution in [0.5, 0.6) is 0 Å². The van der Waals surface area contributed by atoms with E-state index in [9.17, 15) is 0 Å². The van der Waals surface area contributed by atoms with Crippen LogP contribution in [0.15, 0.2) is 170 Å². The average molecular weight is 800 g/mol. The largest absolute Gasteiger partial charge is 0.313 e. The van der Waals surface area contributed by atoms with Gasteiger partial charge in [0.1, 0.15) is 0 Å². The van der Waals surface area contributed by atoms with Crippen molar-refractivity contribution in [2.45, 2.75) is 82.5 Å². The second-order valence-corrected chi connectivity index (χ2v) is 20.3. The summed E-state index contributed by atoms with van der Waals surface area (Å²) in [4.78, 5) is 2.69. The summed E-state index contributed by atoms with van der Waals surface area (Å²) < 4.78 is 0. The average Bonchev–Trinajstić information content (AvgIpc) is 4.10. The second-order valence-electron chi connectivity index (χ2n) is 20.3. The van der Waals surface area contributed by atoms with Crippen LogP contribution in [0.25, 0.3) is 50.1 Å². The van der Waals surface area contributed by atoms with Gasteiger partial charge in [0.2, 0.25) is 0 Å². The molecule has 0 radical (unpaired) electrons. The molecule has 1 nitrogen and oxygen atoms in total. The van der Waals surface area contributed by atoms with Gasteiger partial charge in [-0.1, -0.05) is 180 Å². The highest BCUT2D eigenvalue weighted by Gasteiger charge is 2.57. The summed E-state index contributed by atoms with van der Waals surface area (Å²) in [7, 11) is 0. The van der Waals surface area contributed by atoms with Gasteiger partial charge in [0.05, 0.1) is 5.69 Å². The molecule has 0 amide bonds. The van der Waals surface area contributed by atoms with E-state index in [1.807, 2.05) is 0 Å². The van der Waals surface area contributed by atoms with Gasteiger partial charge in [0.15, 0.2) is 0 Å². The number of fused-ring (bicyclic) bond motifs is 14. The maximum atomic E-state index is 2.69. The highest BCUT2D eigenvalue weighted by Crippen LogP contribution is 2.67. The lowest BCUT2D eigenvalue weighted by Crippen LogP contribution is -2.31. The van der Waals surface area contributed by atoms with E-state index in [0.29, 0.717) is 0 Å². The van der Waals surface area contributed by atoms with Gasteiger partial charge < -0.3 is 4.90 Å². The monoisotopic (exact) mass is 799 g/mol. The van der Waals surface area contributed by atoms with Crippen LogP contribution in [0.4, 0.5) is 11.4 Å². The van der Waals surface area contributed by atoms with Crippen molar-refractivity contribution in [3.8, 4) is 44.5 Å². The Kier molecular flexibility index (Phi) is 7.61. The first-order chi connectivity index (χ1) is 30.3. The zero-order chi connectivity index (χ0) is 41.5. The Morgan fingerprint density at radius 3 is 1.89 bits per heavy atom. The van der Waals surface area contributed by atoms with E-state index in [1.54, 1.807) is 11.1 Å². The molecule has 2 saturated carbocycles. The standard InChI is InChI=1S/C61H53N/c1-59(2)50-25-10-5-17-41(50)43-34-33-40(36-54(43)59)62(56-30-14-9-20-45(56)48-24-15-23-47-42-18-6-11-26-51(42)60(3,4)58(47)48)55-29-13-8-19-44(55)46-22-16-28-53-57(46)49-21-7-12-27-52(49)61(53)37-38-31-32-39(61)35-38/h5-13,15-29,33-34,36,38-39H,14,30-32,35,37H2,1-4H3. The van der Waals surface area contributed by atoms with Crippen molar-refractivity contribution < 1.29 is 0 Å². The van der Waals surface area contributed by atoms with Crippen LogP contribution in [0, 0.1) is 11.8 Å². The molecule has 7 aromatic rings. The van der Waals surface area contributed by atoms with Gasteiger partial charge in [-0.05, 0) is 140 Å². The van der Waals surface area contributed by atoms with Crippen molar-refractivity contribution in [1.29, 1.82) is 0 Å². The molecule has 7 aromatic carbocycles. The van der Waals surface area contributed by atoms with E-state index in [4.69, 9.17) is 0 Å². The third-order valence-electron chi connectivity index (χ3n) is 16.6. The fraction of sp³-hybridized carbons (Fsp3) is 0.246. The van der Waals surface area contributed by atoms with Crippen LogP contribution in [0.2, 0.25) is 0 Å². The van der Waals surface area contributed by atoms with E-state index < -0.39 is 0 Å². The number of hydrogen-bond donors (Lipinski definition) is 0. The lowest BCUT2D eigenvalue weighted by molar-refractivity contribution is 0.327. The van der Waals surface area contributed by atoms with Crippen LogP contribution in [0.1, 0.15) is 105 Å². The van der Waals surface area contributed by atoms with Crippen molar-refractivity contribution in [3.63, 3.8) is 0 Å². The molecule has 3 unspecified atom stereocenters. The van der Waals surface area contributed by atoms with E-state index in [0.717, 1.165) is 24.7 Å². The molecule has 0 N–H and O–H groups in total. The molecule has 0 aliphatic heterocycles. The van der Waals surface area contributed by atoms with Crippen molar-refractivity contribution >= 4 is 16.9 Å². The van der Waals surface area contributed by atoms with Crippen LogP contribution < -0.4 is 4.90 Å². The molecule has 302 valence electrons. The number of benzene rings is 7. The van der Waals surface area contributed by atoms with Gasteiger partial charge in [-0.2, -0.15) is 0 Å². The van der Waals surface area contributed by atoms with Crippen molar-refractivity contribution in [2.75, 3.05) is 4.90 Å². The molecule has 0 aromatic heterocycles. The fourth-order valence-electron chi connectivity index (χ4n) is 14.0. The Labute approximate surface area is 367 Å². The van der Waals surface area contributed by atoms with E-state index in [-0.39, 0.29) is 16.2 Å². The normalized spacial score (nSPS) is 22.3. The van der Waals surface area contributed by atoms with Gasteiger partial charge >= 0.3 is 0 Å². The molecule has 6 aliphatic rings. The quantitative estimate of drug-likeness (QED) is 0.168. The number of rotatable bonds is 5. The topological polar surface area (TPSA) is 3.24 Å². The molecule has 1 heteroatoms. The van der Waals surface area contributed by atoms with Crippen LogP contribution in [-0.2, 0) is 16.2 Å². The third-order valence-corrected chi connectivity index (χ3v) is 16.6. The summed E-state index contributed by atoms with van der Waals surface area (Å²) in [6, 6.07) is 58.7. The predicted molar refractivity (Wildman–Crippen MR) is 259 cm³/mol. The van der Waals surface area contributed by atoms with Crippen molar-refractivity contribution in [3.05, 3.63) is 208 Å². The number of para-hydroxylation sites is 1. The minimum absolute atomic E-state index is 0.119. The van der Waals surface area contributed by atoms with E-state index in [2.05, 4.69) is 196 Å². The Balaban J connectivity index is 1.07. The summed E-state index contributed by atoms with van der Waals surface area (Å²) >= 11 is 0. The third kappa shape index (κ3) is 4.75. The predicted octanol–water partition coefficient (Wildman–Crippen LogP) is 16.0. The van der Waals surface area contributed by atoms with Crippen LogP contribution >= 0.6 is 0 Å². The molecule has 0 heterocycles. The number of hydrogen-bond acceptors (Lipinski definition) is 1. The highest BCUT2D eigenvalue weighted by molar-refractivity contribution is 6.00. The van der Waals surface area contributed by atoms with Gasteiger partial charge in [0.25, 0.3) is 0 Å². The maximum Gasteiger partial charge on any atom is 0.0537 e. The molecule has 62 heavy (non-hydrogen) atoms. The van der Waals surface area contributed by atoms with Crippen molar-refractivity contribution in [1.82, 2.24) is 0 Å². The summed E-state index contributed by atoms with van der Waals surface area (Å²) in [5, 5.41) is 0. The summed E-state index contributed by atoms with van der Waals surface area (Å²) in [6.45, 7) is 9.68. The Bertz CT molecular complexity index is 3110. The smallest absolute Gasteiger partial charge is 0.0537 e. The van der Waals surface area contributed by atoms with Gasteiger partial charge in [-0.25, -0.2) is 0 Å². The summed E-state index contributed by atoms with van der Waals surface area (Å²) in [5.41, 5.74) is 26.2. The molecular formula is C61H53N. The summed E-state index contributed by atoms with van der Waals surface area (Å²) in [6.07, 6.45) is 12.2. The highest BCUT2D eigenvalue weighted by atomic mass is 15.2. The lowest BCUT2D eigenvalue weighted by Gasteiger charge is -2.37. The molecule has 13 rings (SSSR count). The fourth-order valence-corrected chi connectivity index (χ4v) is 14.0. The Hall–Kier alpha value is -6.18. The molecule has 1 spiro atoms. The minimum Gasteiger partial charge on any atom is -0.313 e. The Morgan fingerprint density at radius 1 is 0.500 bits per heavy atom. The van der Waals surface area contributed by atoms with E-state index >= 15 is 0 Å². The number of nitrogens with zero attached hydrogens (tertiary/aromatic N) is 1. The second kappa shape index (κ2) is 12.9. The van der Waals surface area contributed by atoms with Crippen LogP contribution in [-0.4, -0.2) is 0 Å². The molecule has 0 saturated heterocycles. The van der Waals surface area contributed by atoms with E-state index in [1.165, 1.54) is 121 Å². The number of allylic oxidation sites excluding steroid dienone is 4. The molecular weight excluding hydrogens is 747 g/mol. The molecule has 2 bridgehead atoms. The van der Waals surface area contributed by atoms with Gasteiger partial charge in [-0.15, -0.1) is 0 Å². The summed E-state index contributed by atoms with van der Waals surface area (Å²) in [5.74, 6) is 1.56. The maximum absolute atomic E-state index is 2.69. The first-order valence-electron chi connectivity index (χ1n) is 23.3. The molecule has 6 aliphatic carbocycles. The zero-order valence-electron chi connectivity index (χ0n) is 36.4. The van der Waals surface area contributed by atoms with Gasteiger partial charge in [-0.3, -0.25) is 0 Å². The SMILES string of the molecule is CC1(C)c2ccccc2-c2ccc(N(C3=C(c4cccc5c4C(C)(C)c4ccccc4-5)C=CCC3)c3ccccc3-c3cccc4c3-c3ccccc3C43CC4CCC3C4)cc21. The lowest BCUT2D eigenvalue weighted by atomic mass is 9.66. The first kappa shape index (κ1) is 36.5. The van der Waals surface area contributed by atoms with Gasteiger partial charge in [0, 0.05) is 38.8 Å². The minimum atomic E-state index is -0.133. The number of anilines is 2. The molecule has 3 atom stereocenters. The first-order valence-corrected chi connectivity index (χ1v) is 23.3. The van der Waals surface area contributed by atoms with Crippen molar-refractivity contribution in [2.24, 2.45) is 11.8 Å². The van der Waals surface area contributed by atoms with Crippen LogP contribution in [0.3, 0.4) is 0 Å². The molecule has 2 fully saturated rings. The Morgan fingerprint density at radius 2 is 1.11 bits per heavy atom. The zero-order valence-corrected chi connectivity index (χ0v) is 36.4.